The second kappa shape index (κ2) is 8.01. The molecule has 3 aromatic rings. The minimum Gasteiger partial charge on any atom is -0.481 e. The van der Waals surface area contributed by atoms with E-state index in [1.54, 1.807) is 23.9 Å². The summed E-state index contributed by atoms with van der Waals surface area (Å²) in [4.78, 5) is 12.4. The Kier molecular flexibility index (Phi) is 5.71. The molecule has 0 aromatic heterocycles. The number of benzene rings is 3. The molecule has 3 rings (SSSR count). The molecule has 0 saturated carbocycles. The van der Waals surface area contributed by atoms with E-state index in [0.717, 1.165) is 21.6 Å². The van der Waals surface area contributed by atoms with E-state index >= 15 is 0 Å². The van der Waals surface area contributed by atoms with Crippen LogP contribution in [0.1, 0.15) is 23.6 Å². The first-order valence-corrected chi connectivity index (χ1v) is 9.72. The van der Waals surface area contributed by atoms with Gasteiger partial charge in [-0.15, -0.1) is 11.8 Å². The summed E-state index contributed by atoms with van der Waals surface area (Å²) in [5.74, 6) is 0.894. The van der Waals surface area contributed by atoms with Crippen molar-refractivity contribution in [3.05, 3.63) is 65.0 Å². The van der Waals surface area contributed by atoms with Crippen molar-refractivity contribution in [2.24, 2.45) is 0 Å². The van der Waals surface area contributed by atoms with Crippen molar-refractivity contribution in [3.8, 4) is 11.5 Å². The molecule has 0 bridgehead atoms. The van der Waals surface area contributed by atoms with Crippen molar-refractivity contribution in [3.63, 3.8) is 0 Å². The van der Waals surface area contributed by atoms with E-state index in [0.29, 0.717) is 28.0 Å². The molecule has 0 fully saturated rings. The van der Waals surface area contributed by atoms with Gasteiger partial charge in [0.2, 0.25) is 0 Å². The van der Waals surface area contributed by atoms with Crippen molar-refractivity contribution >= 4 is 28.5 Å². The molecule has 140 valence electrons. The number of hydrogen-bond acceptors (Lipinski definition) is 3. The van der Waals surface area contributed by atoms with E-state index in [1.165, 1.54) is 12.1 Å². The number of carbonyl (C=O) groups is 1. The Morgan fingerprint density at radius 3 is 2.59 bits per heavy atom. The first-order chi connectivity index (χ1) is 12.9. The van der Waals surface area contributed by atoms with Crippen molar-refractivity contribution in [1.29, 1.82) is 0 Å². The number of fused-ring (bicyclic) bond motifs is 1. The van der Waals surface area contributed by atoms with Gasteiger partial charge in [-0.05, 0) is 72.0 Å². The SMILES string of the molecule is CCSc1ccc(Oc2c(C)c(CC(=O)O)cc3ccc(F)cc23)c(C)c1. The Hall–Kier alpha value is -2.53. The summed E-state index contributed by atoms with van der Waals surface area (Å²) in [6.45, 7) is 5.88. The molecular formula is C22H21FO3S. The van der Waals surface area contributed by atoms with Crippen LogP contribution < -0.4 is 4.74 Å². The molecular weight excluding hydrogens is 363 g/mol. The summed E-state index contributed by atoms with van der Waals surface area (Å²) in [5, 5.41) is 10.6. The zero-order valence-corrected chi connectivity index (χ0v) is 16.3. The third-order valence-corrected chi connectivity index (χ3v) is 5.30. The van der Waals surface area contributed by atoms with Gasteiger partial charge in [0.15, 0.2) is 0 Å². The van der Waals surface area contributed by atoms with Gasteiger partial charge in [-0.1, -0.05) is 19.1 Å². The highest BCUT2D eigenvalue weighted by Gasteiger charge is 2.16. The number of rotatable bonds is 6. The normalized spacial score (nSPS) is 11.0. The van der Waals surface area contributed by atoms with E-state index in [4.69, 9.17) is 4.74 Å². The van der Waals surface area contributed by atoms with E-state index in [-0.39, 0.29) is 12.2 Å². The van der Waals surface area contributed by atoms with Crippen LogP contribution in [0.2, 0.25) is 0 Å². The quantitative estimate of drug-likeness (QED) is 0.520. The highest BCUT2D eigenvalue weighted by Crippen LogP contribution is 2.38. The van der Waals surface area contributed by atoms with E-state index in [1.807, 2.05) is 26.0 Å². The third kappa shape index (κ3) is 4.25. The fourth-order valence-corrected chi connectivity index (χ4v) is 3.83. The van der Waals surface area contributed by atoms with Gasteiger partial charge in [0.05, 0.1) is 6.42 Å². The van der Waals surface area contributed by atoms with Crippen LogP contribution in [0.3, 0.4) is 0 Å². The molecule has 0 unspecified atom stereocenters. The van der Waals surface area contributed by atoms with E-state index in [2.05, 4.69) is 13.0 Å². The number of hydrogen-bond donors (Lipinski definition) is 1. The second-order valence-corrected chi connectivity index (χ2v) is 7.73. The zero-order valence-electron chi connectivity index (χ0n) is 15.5. The summed E-state index contributed by atoms with van der Waals surface area (Å²) in [5.41, 5.74) is 2.34. The third-order valence-electron chi connectivity index (χ3n) is 4.42. The van der Waals surface area contributed by atoms with Crippen LogP contribution >= 0.6 is 11.8 Å². The Morgan fingerprint density at radius 2 is 1.93 bits per heavy atom. The number of thioether (sulfide) groups is 1. The molecule has 0 spiro atoms. The topological polar surface area (TPSA) is 46.5 Å². The Bertz CT molecular complexity index is 1010. The predicted molar refractivity (Wildman–Crippen MR) is 108 cm³/mol. The largest absolute Gasteiger partial charge is 0.481 e. The lowest BCUT2D eigenvalue weighted by Crippen LogP contribution is -2.04. The molecule has 3 aromatic carbocycles. The Balaban J connectivity index is 2.12. The predicted octanol–water partition coefficient (Wildman–Crippen LogP) is 6.13. The molecule has 0 aliphatic rings. The molecule has 5 heteroatoms. The number of carboxylic acids is 1. The summed E-state index contributed by atoms with van der Waals surface area (Å²) >= 11 is 1.75. The van der Waals surface area contributed by atoms with Crippen LogP contribution in [-0.2, 0) is 11.2 Å². The molecule has 27 heavy (non-hydrogen) atoms. The maximum atomic E-state index is 13.9. The molecule has 0 aliphatic heterocycles. The molecule has 3 nitrogen and oxygen atoms in total. The van der Waals surface area contributed by atoms with Crippen LogP contribution in [0.25, 0.3) is 10.8 Å². The summed E-state index contributed by atoms with van der Waals surface area (Å²) < 4.78 is 20.1. The first-order valence-electron chi connectivity index (χ1n) is 8.74. The maximum absolute atomic E-state index is 13.9. The van der Waals surface area contributed by atoms with Crippen molar-refractivity contribution in [2.75, 3.05) is 5.75 Å². The van der Waals surface area contributed by atoms with E-state index < -0.39 is 5.97 Å². The zero-order chi connectivity index (χ0) is 19.6. The Labute approximate surface area is 162 Å². The highest BCUT2D eigenvalue weighted by atomic mass is 32.2. The lowest BCUT2D eigenvalue weighted by atomic mass is 9.98. The second-order valence-electron chi connectivity index (χ2n) is 6.39. The van der Waals surface area contributed by atoms with Crippen LogP contribution in [0, 0.1) is 19.7 Å². The lowest BCUT2D eigenvalue weighted by molar-refractivity contribution is -0.136. The average molecular weight is 384 g/mol. The lowest BCUT2D eigenvalue weighted by Gasteiger charge is -2.17. The summed E-state index contributed by atoms with van der Waals surface area (Å²) in [6, 6.07) is 12.2. The number of carboxylic acid groups (broad SMARTS) is 1. The minimum absolute atomic E-state index is 0.111. The van der Waals surface area contributed by atoms with Gasteiger partial charge in [-0.3, -0.25) is 4.79 Å². The fourth-order valence-electron chi connectivity index (χ4n) is 3.08. The minimum atomic E-state index is -0.914. The summed E-state index contributed by atoms with van der Waals surface area (Å²) in [7, 11) is 0. The number of ether oxygens (including phenoxy) is 1. The molecule has 0 atom stereocenters. The van der Waals surface area contributed by atoms with Crippen molar-refractivity contribution in [2.45, 2.75) is 32.1 Å². The molecule has 0 saturated heterocycles. The van der Waals surface area contributed by atoms with Crippen LogP contribution in [-0.4, -0.2) is 16.8 Å². The maximum Gasteiger partial charge on any atom is 0.307 e. The number of aryl methyl sites for hydroxylation is 1. The number of halogens is 1. The van der Waals surface area contributed by atoms with Gasteiger partial charge in [-0.2, -0.15) is 0 Å². The van der Waals surface area contributed by atoms with E-state index in [9.17, 15) is 14.3 Å². The molecule has 1 N–H and O–H groups in total. The van der Waals surface area contributed by atoms with Gasteiger partial charge < -0.3 is 9.84 Å². The standard InChI is InChI=1S/C22H21FO3S/c1-4-27-18-7-8-20(13(2)9-18)26-22-14(3)16(11-21(24)25)10-15-5-6-17(23)12-19(15)22/h5-10,12H,4,11H2,1-3H3,(H,24,25). The van der Waals surface area contributed by atoms with Gasteiger partial charge >= 0.3 is 5.97 Å². The molecule has 0 amide bonds. The van der Waals surface area contributed by atoms with Crippen LogP contribution in [0.5, 0.6) is 11.5 Å². The molecule has 0 aliphatic carbocycles. The average Bonchev–Trinajstić information content (AvgIpc) is 2.60. The molecule has 0 heterocycles. The van der Waals surface area contributed by atoms with Gasteiger partial charge in [-0.25, -0.2) is 4.39 Å². The number of aliphatic carboxylic acids is 1. The smallest absolute Gasteiger partial charge is 0.307 e. The van der Waals surface area contributed by atoms with Gasteiger partial charge in [0.25, 0.3) is 0 Å². The monoisotopic (exact) mass is 384 g/mol. The Morgan fingerprint density at radius 1 is 1.15 bits per heavy atom. The van der Waals surface area contributed by atoms with Crippen LogP contribution in [0.4, 0.5) is 4.39 Å². The van der Waals surface area contributed by atoms with Gasteiger partial charge in [0.1, 0.15) is 17.3 Å². The summed E-state index contributed by atoms with van der Waals surface area (Å²) in [6.07, 6.45) is -0.111. The van der Waals surface area contributed by atoms with Crippen molar-refractivity contribution in [1.82, 2.24) is 0 Å². The van der Waals surface area contributed by atoms with Crippen molar-refractivity contribution < 1.29 is 19.0 Å². The van der Waals surface area contributed by atoms with Gasteiger partial charge in [0, 0.05) is 10.3 Å². The highest BCUT2D eigenvalue weighted by molar-refractivity contribution is 7.99. The van der Waals surface area contributed by atoms with Crippen LogP contribution in [0.15, 0.2) is 47.4 Å². The molecule has 0 radical (unpaired) electrons. The first kappa shape index (κ1) is 19.2. The fraction of sp³-hybridized carbons (Fsp3) is 0.227.